The molecule has 7 heteroatoms. The molecule has 126 valence electrons. The van der Waals surface area contributed by atoms with E-state index >= 15 is 0 Å². The minimum absolute atomic E-state index is 0.714. The van der Waals surface area contributed by atoms with Crippen molar-refractivity contribution in [2.75, 3.05) is 0 Å². The molecule has 1 aromatic carbocycles. The molecule has 0 aliphatic rings. The Morgan fingerprint density at radius 1 is 1.00 bits per heavy atom. The fourth-order valence-electron chi connectivity index (χ4n) is 2.91. The van der Waals surface area contributed by atoms with Crippen molar-refractivity contribution >= 4 is 17.4 Å². The molecule has 0 unspecified atom stereocenters. The van der Waals surface area contributed by atoms with Gasteiger partial charge in [0.15, 0.2) is 0 Å². The van der Waals surface area contributed by atoms with E-state index in [9.17, 15) is 0 Å². The van der Waals surface area contributed by atoms with Crippen LogP contribution in [0.4, 0.5) is 0 Å². The van der Waals surface area contributed by atoms with Crippen LogP contribution in [-0.4, -0.2) is 29.6 Å². The Bertz CT molecular complexity index is 1030. The van der Waals surface area contributed by atoms with E-state index in [0.717, 1.165) is 33.3 Å². The lowest BCUT2D eigenvalue weighted by molar-refractivity contribution is 0.747. The Morgan fingerprint density at radius 2 is 1.80 bits per heavy atom. The normalized spacial score (nSPS) is 11.3. The van der Waals surface area contributed by atoms with Crippen molar-refractivity contribution in [2.24, 2.45) is 0 Å². The number of benzene rings is 1. The number of rotatable bonds is 4. The minimum atomic E-state index is 0.714. The van der Waals surface area contributed by atoms with Crippen LogP contribution in [0.25, 0.3) is 11.3 Å². The van der Waals surface area contributed by atoms with Gasteiger partial charge in [-0.05, 0) is 54.0 Å². The summed E-state index contributed by atoms with van der Waals surface area (Å²) in [5.74, 6) is 0.714. The van der Waals surface area contributed by atoms with E-state index in [0.29, 0.717) is 5.75 Å². The smallest absolute Gasteiger partial charge is 0.214 e. The maximum absolute atomic E-state index is 4.66. The first-order valence-corrected chi connectivity index (χ1v) is 9.02. The number of aromatic nitrogens is 6. The van der Waals surface area contributed by atoms with Crippen molar-refractivity contribution < 1.29 is 0 Å². The Hall–Kier alpha value is -2.67. The fraction of sp³-hybridized carbons (Fsp3) is 0.222. The standard InChI is InChI=1S/C18H18N6S/c1-12-7-8-16-19-15(10-23(16)9-12)11-25-18-20-21-22-24(18)17-13(2)5-4-6-14(17)3/h4-10H,11H2,1-3H3. The number of aryl methyl sites for hydroxylation is 3. The highest BCUT2D eigenvalue weighted by molar-refractivity contribution is 7.98. The van der Waals surface area contributed by atoms with Gasteiger partial charge < -0.3 is 4.40 Å². The molecule has 3 aromatic heterocycles. The zero-order valence-electron chi connectivity index (χ0n) is 14.3. The number of imidazole rings is 1. The SMILES string of the molecule is Cc1ccc2nc(CSc3nnnn3-c3c(C)cccc3C)cn2c1. The number of hydrogen-bond donors (Lipinski definition) is 0. The van der Waals surface area contributed by atoms with Gasteiger partial charge in [-0.15, -0.1) is 5.10 Å². The average Bonchev–Trinajstić information content (AvgIpc) is 3.18. The Kier molecular flexibility index (Phi) is 4.01. The molecule has 0 aliphatic heterocycles. The van der Waals surface area contributed by atoms with Crippen molar-refractivity contribution in [1.29, 1.82) is 0 Å². The summed E-state index contributed by atoms with van der Waals surface area (Å²) >= 11 is 1.59. The maximum Gasteiger partial charge on any atom is 0.214 e. The van der Waals surface area contributed by atoms with Crippen molar-refractivity contribution in [3.8, 4) is 5.69 Å². The lowest BCUT2D eigenvalue weighted by atomic mass is 10.1. The van der Waals surface area contributed by atoms with Crippen molar-refractivity contribution in [3.05, 3.63) is 65.1 Å². The lowest BCUT2D eigenvalue weighted by Crippen LogP contribution is -2.04. The van der Waals surface area contributed by atoms with E-state index in [1.807, 2.05) is 16.8 Å². The summed E-state index contributed by atoms with van der Waals surface area (Å²) in [6.45, 7) is 6.22. The number of fused-ring (bicyclic) bond motifs is 1. The van der Waals surface area contributed by atoms with Gasteiger partial charge in [-0.3, -0.25) is 0 Å². The number of para-hydroxylation sites is 1. The van der Waals surface area contributed by atoms with E-state index in [1.54, 1.807) is 11.8 Å². The van der Waals surface area contributed by atoms with Crippen LogP contribution in [0.1, 0.15) is 22.4 Å². The second kappa shape index (κ2) is 6.33. The molecule has 6 nitrogen and oxygen atoms in total. The number of tetrazole rings is 1. The molecule has 0 saturated carbocycles. The van der Waals surface area contributed by atoms with Crippen molar-refractivity contribution in [2.45, 2.75) is 31.7 Å². The van der Waals surface area contributed by atoms with Gasteiger partial charge in [-0.1, -0.05) is 36.0 Å². The van der Waals surface area contributed by atoms with Crippen LogP contribution in [-0.2, 0) is 5.75 Å². The van der Waals surface area contributed by atoms with Gasteiger partial charge in [0.1, 0.15) is 5.65 Å². The van der Waals surface area contributed by atoms with E-state index in [-0.39, 0.29) is 0 Å². The highest BCUT2D eigenvalue weighted by atomic mass is 32.2. The van der Waals surface area contributed by atoms with Gasteiger partial charge in [-0.25, -0.2) is 4.98 Å². The summed E-state index contributed by atoms with van der Waals surface area (Å²) < 4.78 is 3.87. The molecular weight excluding hydrogens is 332 g/mol. The van der Waals surface area contributed by atoms with Crippen LogP contribution in [0.15, 0.2) is 47.9 Å². The molecule has 3 heterocycles. The van der Waals surface area contributed by atoms with Crippen LogP contribution in [0.5, 0.6) is 0 Å². The van der Waals surface area contributed by atoms with Crippen LogP contribution in [0, 0.1) is 20.8 Å². The Labute approximate surface area is 149 Å². The summed E-state index contributed by atoms with van der Waals surface area (Å²) in [6, 6.07) is 10.3. The highest BCUT2D eigenvalue weighted by Gasteiger charge is 2.14. The Morgan fingerprint density at radius 3 is 2.60 bits per heavy atom. The van der Waals surface area contributed by atoms with Crippen LogP contribution in [0.2, 0.25) is 0 Å². The van der Waals surface area contributed by atoms with E-state index in [2.05, 4.69) is 76.3 Å². The quantitative estimate of drug-likeness (QED) is 0.527. The molecular formula is C18H18N6S. The van der Waals surface area contributed by atoms with Crippen molar-refractivity contribution in [1.82, 2.24) is 29.6 Å². The van der Waals surface area contributed by atoms with Gasteiger partial charge in [-0.2, -0.15) is 4.68 Å². The predicted molar refractivity (Wildman–Crippen MR) is 98.1 cm³/mol. The number of thioether (sulfide) groups is 1. The summed E-state index contributed by atoms with van der Waals surface area (Å²) in [5.41, 5.74) is 6.51. The monoisotopic (exact) mass is 350 g/mol. The number of pyridine rings is 1. The number of hydrogen-bond acceptors (Lipinski definition) is 5. The molecule has 25 heavy (non-hydrogen) atoms. The van der Waals surface area contributed by atoms with E-state index in [4.69, 9.17) is 0 Å². The molecule has 0 spiro atoms. The molecule has 0 bridgehead atoms. The highest BCUT2D eigenvalue weighted by Crippen LogP contribution is 2.25. The topological polar surface area (TPSA) is 60.9 Å². The molecule has 0 aliphatic carbocycles. The first kappa shape index (κ1) is 15.8. The van der Waals surface area contributed by atoms with Crippen LogP contribution in [0.3, 0.4) is 0 Å². The van der Waals surface area contributed by atoms with E-state index < -0.39 is 0 Å². The molecule has 4 rings (SSSR count). The summed E-state index contributed by atoms with van der Waals surface area (Å²) in [5, 5.41) is 13.0. The second-order valence-electron chi connectivity index (χ2n) is 6.11. The summed E-state index contributed by atoms with van der Waals surface area (Å²) in [6.07, 6.45) is 4.14. The first-order valence-electron chi connectivity index (χ1n) is 8.04. The van der Waals surface area contributed by atoms with Crippen LogP contribution < -0.4 is 0 Å². The molecule has 4 aromatic rings. The van der Waals surface area contributed by atoms with E-state index in [1.165, 1.54) is 5.56 Å². The van der Waals surface area contributed by atoms with Gasteiger partial charge in [0.2, 0.25) is 5.16 Å². The third-order valence-corrected chi connectivity index (χ3v) is 5.04. The average molecular weight is 350 g/mol. The lowest BCUT2D eigenvalue weighted by Gasteiger charge is -2.10. The van der Waals surface area contributed by atoms with Gasteiger partial charge >= 0.3 is 0 Å². The summed E-state index contributed by atoms with van der Waals surface area (Å²) in [4.78, 5) is 4.66. The van der Waals surface area contributed by atoms with Gasteiger partial charge in [0, 0.05) is 18.1 Å². The van der Waals surface area contributed by atoms with Gasteiger partial charge in [0.25, 0.3) is 0 Å². The minimum Gasteiger partial charge on any atom is -0.307 e. The number of nitrogens with zero attached hydrogens (tertiary/aromatic N) is 6. The molecule has 0 atom stereocenters. The maximum atomic E-state index is 4.66. The fourth-order valence-corrected chi connectivity index (χ4v) is 3.67. The molecule has 0 amide bonds. The molecule has 0 saturated heterocycles. The molecule has 0 N–H and O–H groups in total. The zero-order chi connectivity index (χ0) is 17.4. The third kappa shape index (κ3) is 3.02. The first-order chi connectivity index (χ1) is 12.1. The molecule has 0 radical (unpaired) electrons. The Balaban J connectivity index is 1.61. The third-order valence-electron chi connectivity index (χ3n) is 4.09. The summed E-state index contributed by atoms with van der Waals surface area (Å²) in [7, 11) is 0. The second-order valence-corrected chi connectivity index (χ2v) is 7.05. The predicted octanol–water partition coefficient (Wildman–Crippen LogP) is 3.53. The van der Waals surface area contributed by atoms with Crippen LogP contribution >= 0.6 is 11.8 Å². The van der Waals surface area contributed by atoms with Crippen molar-refractivity contribution in [3.63, 3.8) is 0 Å². The molecule has 0 fully saturated rings. The van der Waals surface area contributed by atoms with Gasteiger partial charge in [0.05, 0.1) is 11.4 Å². The largest absolute Gasteiger partial charge is 0.307 e. The zero-order valence-corrected chi connectivity index (χ0v) is 15.2.